The van der Waals surface area contributed by atoms with Gasteiger partial charge < -0.3 is 10.2 Å². The number of rotatable bonds is 4. The minimum atomic E-state index is -0.866. The third kappa shape index (κ3) is 3.02. The standard InChI is InChI=1S/C16H23NO3/c1-3-11-9-12(5-6-14(11)16(19)20)13-7-8-17(4-2)15(18)10-13/h5-6,9,13,15,18H,3-4,7-8,10H2,1-2H3,(H,19,20). The Morgan fingerprint density at radius 2 is 2.15 bits per heavy atom. The van der Waals surface area contributed by atoms with Crippen LogP contribution in [-0.2, 0) is 6.42 Å². The van der Waals surface area contributed by atoms with Gasteiger partial charge in [0.25, 0.3) is 0 Å². The summed E-state index contributed by atoms with van der Waals surface area (Å²) >= 11 is 0. The second kappa shape index (κ2) is 6.37. The Hall–Kier alpha value is -1.39. The van der Waals surface area contributed by atoms with Crippen LogP contribution in [0.2, 0.25) is 0 Å². The third-order valence-electron chi connectivity index (χ3n) is 4.30. The molecular weight excluding hydrogens is 254 g/mol. The number of aliphatic hydroxyl groups is 1. The molecule has 1 heterocycles. The first-order valence-corrected chi connectivity index (χ1v) is 7.35. The molecule has 110 valence electrons. The summed E-state index contributed by atoms with van der Waals surface area (Å²) < 4.78 is 0. The molecule has 2 N–H and O–H groups in total. The van der Waals surface area contributed by atoms with Gasteiger partial charge in [0, 0.05) is 6.54 Å². The number of benzene rings is 1. The molecule has 1 aliphatic rings. The number of hydrogen-bond donors (Lipinski definition) is 2. The van der Waals surface area contributed by atoms with Crippen molar-refractivity contribution in [2.24, 2.45) is 0 Å². The number of piperidine rings is 1. The van der Waals surface area contributed by atoms with Crippen molar-refractivity contribution in [3.05, 3.63) is 34.9 Å². The fourth-order valence-corrected chi connectivity index (χ4v) is 3.03. The molecule has 0 radical (unpaired) electrons. The van der Waals surface area contributed by atoms with Gasteiger partial charge in [-0.05, 0) is 48.9 Å². The molecule has 0 aromatic heterocycles. The molecule has 4 nitrogen and oxygen atoms in total. The molecule has 0 aliphatic carbocycles. The van der Waals surface area contributed by atoms with Crippen LogP contribution >= 0.6 is 0 Å². The average molecular weight is 277 g/mol. The maximum absolute atomic E-state index is 11.2. The fraction of sp³-hybridized carbons (Fsp3) is 0.562. The van der Waals surface area contributed by atoms with E-state index in [1.807, 2.05) is 19.1 Å². The number of aryl methyl sites for hydroxylation is 1. The molecule has 1 aromatic carbocycles. The zero-order valence-electron chi connectivity index (χ0n) is 12.2. The van der Waals surface area contributed by atoms with Crippen LogP contribution in [-0.4, -0.2) is 40.4 Å². The van der Waals surface area contributed by atoms with E-state index in [0.717, 1.165) is 37.1 Å². The molecule has 1 fully saturated rings. The van der Waals surface area contributed by atoms with Crippen LogP contribution in [0.1, 0.15) is 54.1 Å². The largest absolute Gasteiger partial charge is 0.478 e. The Morgan fingerprint density at radius 3 is 2.70 bits per heavy atom. The summed E-state index contributed by atoms with van der Waals surface area (Å²) in [6.07, 6.45) is 2.07. The summed E-state index contributed by atoms with van der Waals surface area (Å²) in [6.45, 7) is 5.79. The van der Waals surface area contributed by atoms with Gasteiger partial charge in [0.15, 0.2) is 0 Å². The van der Waals surface area contributed by atoms with E-state index in [9.17, 15) is 9.90 Å². The highest BCUT2D eigenvalue weighted by Crippen LogP contribution is 2.31. The molecule has 1 aliphatic heterocycles. The molecule has 20 heavy (non-hydrogen) atoms. The number of likely N-dealkylation sites (tertiary alicyclic amines) is 1. The Morgan fingerprint density at radius 1 is 1.40 bits per heavy atom. The van der Waals surface area contributed by atoms with Crippen molar-refractivity contribution in [1.29, 1.82) is 0 Å². The maximum Gasteiger partial charge on any atom is 0.335 e. The lowest BCUT2D eigenvalue weighted by atomic mass is 9.86. The molecule has 2 unspecified atom stereocenters. The van der Waals surface area contributed by atoms with Gasteiger partial charge in [0.1, 0.15) is 6.23 Å². The molecule has 0 spiro atoms. The van der Waals surface area contributed by atoms with E-state index in [-0.39, 0.29) is 6.23 Å². The van der Waals surface area contributed by atoms with Gasteiger partial charge >= 0.3 is 5.97 Å². The van der Waals surface area contributed by atoms with Crippen molar-refractivity contribution in [1.82, 2.24) is 4.90 Å². The van der Waals surface area contributed by atoms with Crippen LogP contribution in [0.3, 0.4) is 0 Å². The fourth-order valence-electron chi connectivity index (χ4n) is 3.03. The first-order valence-electron chi connectivity index (χ1n) is 7.35. The maximum atomic E-state index is 11.2. The normalized spacial score (nSPS) is 23.8. The Kier molecular flexibility index (Phi) is 4.78. The van der Waals surface area contributed by atoms with Gasteiger partial charge in [-0.15, -0.1) is 0 Å². The van der Waals surface area contributed by atoms with Gasteiger partial charge in [-0.3, -0.25) is 4.90 Å². The highest BCUT2D eigenvalue weighted by molar-refractivity contribution is 5.89. The van der Waals surface area contributed by atoms with Gasteiger partial charge in [-0.1, -0.05) is 26.0 Å². The van der Waals surface area contributed by atoms with Crippen molar-refractivity contribution in [2.75, 3.05) is 13.1 Å². The number of carboxylic acid groups (broad SMARTS) is 1. The van der Waals surface area contributed by atoms with Gasteiger partial charge in [-0.25, -0.2) is 4.79 Å². The second-order valence-corrected chi connectivity index (χ2v) is 5.41. The van der Waals surface area contributed by atoms with Crippen molar-refractivity contribution in [3.8, 4) is 0 Å². The van der Waals surface area contributed by atoms with E-state index in [1.165, 1.54) is 0 Å². The molecule has 0 saturated carbocycles. The molecular formula is C16H23NO3. The van der Waals surface area contributed by atoms with Crippen LogP contribution in [0.25, 0.3) is 0 Å². The molecule has 0 bridgehead atoms. The average Bonchev–Trinajstić information content (AvgIpc) is 2.46. The topological polar surface area (TPSA) is 60.8 Å². The summed E-state index contributed by atoms with van der Waals surface area (Å²) in [5.74, 6) is -0.546. The van der Waals surface area contributed by atoms with Crippen LogP contribution < -0.4 is 0 Å². The first-order chi connectivity index (χ1) is 9.56. The van der Waals surface area contributed by atoms with E-state index >= 15 is 0 Å². The predicted octanol–water partition coefficient (Wildman–Crippen LogP) is 2.46. The van der Waals surface area contributed by atoms with Gasteiger partial charge in [0.05, 0.1) is 5.56 Å². The number of aromatic carboxylic acids is 1. The van der Waals surface area contributed by atoms with Gasteiger partial charge in [-0.2, -0.15) is 0 Å². The van der Waals surface area contributed by atoms with E-state index in [0.29, 0.717) is 17.9 Å². The Balaban J connectivity index is 2.20. The molecule has 1 aromatic rings. The molecule has 2 atom stereocenters. The van der Waals surface area contributed by atoms with Crippen molar-refractivity contribution in [2.45, 2.75) is 45.3 Å². The van der Waals surface area contributed by atoms with Crippen molar-refractivity contribution in [3.63, 3.8) is 0 Å². The van der Waals surface area contributed by atoms with Crippen LogP contribution in [0, 0.1) is 0 Å². The number of hydrogen-bond acceptors (Lipinski definition) is 3. The quantitative estimate of drug-likeness (QED) is 0.887. The number of nitrogens with zero attached hydrogens (tertiary/aromatic N) is 1. The zero-order chi connectivity index (χ0) is 14.7. The summed E-state index contributed by atoms with van der Waals surface area (Å²) in [5, 5.41) is 19.3. The van der Waals surface area contributed by atoms with Crippen LogP contribution in [0.15, 0.2) is 18.2 Å². The monoisotopic (exact) mass is 277 g/mol. The second-order valence-electron chi connectivity index (χ2n) is 5.41. The Labute approximate surface area is 120 Å². The van der Waals surface area contributed by atoms with Crippen LogP contribution in [0.5, 0.6) is 0 Å². The number of carbonyl (C=O) groups is 1. The van der Waals surface area contributed by atoms with Crippen molar-refractivity contribution >= 4 is 5.97 Å². The zero-order valence-corrected chi connectivity index (χ0v) is 12.2. The van der Waals surface area contributed by atoms with E-state index < -0.39 is 5.97 Å². The highest BCUT2D eigenvalue weighted by Gasteiger charge is 2.27. The minimum Gasteiger partial charge on any atom is -0.478 e. The Bertz CT molecular complexity index is 487. The summed E-state index contributed by atoms with van der Waals surface area (Å²) in [5.41, 5.74) is 2.42. The molecule has 4 heteroatoms. The number of aliphatic hydroxyl groups excluding tert-OH is 1. The lowest BCUT2D eigenvalue weighted by molar-refractivity contribution is -0.0273. The highest BCUT2D eigenvalue weighted by atomic mass is 16.4. The first kappa shape index (κ1) is 15.0. The lowest BCUT2D eigenvalue weighted by Gasteiger charge is -2.36. The van der Waals surface area contributed by atoms with Crippen LogP contribution in [0.4, 0.5) is 0 Å². The molecule has 2 rings (SSSR count). The summed E-state index contributed by atoms with van der Waals surface area (Å²) in [4.78, 5) is 13.2. The lowest BCUT2D eigenvalue weighted by Crippen LogP contribution is -2.41. The van der Waals surface area contributed by atoms with E-state index in [2.05, 4.69) is 11.8 Å². The van der Waals surface area contributed by atoms with Crippen molar-refractivity contribution < 1.29 is 15.0 Å². The summed E-state index contributed by atoms with van der Waals surface area (Å²) in [7, 11) is 0. The number of carboxylic acids is 1. The van der Waals surface area contributed by atoms with E-state index in [4.69, 9.17) is 5.11 Å². The smallest absolute Gasteiger partial charge is 0.335 e. The predicted molar refractivity (Wildman–Crippen MR) is 78.0 cm³/mol. The van der Waals surface area contributed by atoms with E-state index in [1.54, 1.807) is 6.07 Å². The molecule has 0 amide bonds. The third-order valence-corrected chi connectivity index (χ3v) is 4.30. The van der Waals surface area contributed by atoms with Gasteiger partial charge in [0.2, 0.25) is 0 Å². The minimum absolute atomic E-state index is 0.320. The summed E-state index contributed by atoms with van der Waals surface area (Å²) in [6, 6.07) is 5.61. The molecule has 1 saturated heterocycles. The SMILES string of the molecule is CCc1cc(C2CCN(CC)C(O)C2)ccc1C(=O)O.